The Morgan fingerprint density at radius 1 is 1.57 bits per heavy atom. The lowest BCUT2D eigenvalue weighted by molar-refractivity contribution is -0.0554. The summed E-state index contributed by atoms with van der Waals surface area (Å²) in [5.41, 5.74) is 0.795. The Bertz CT molecular complexity index is 345. The lowest BCUT2D eigenvalue weighted by atomic mass is 9.97. The molecular formula is C11H13FO2. The fourth-order valence-corrected chi connectivity index (χ4v) is 2.14. The van der Waals surface area contributed by atoms with Crippen molar-refractivity contribution in [3.8, 4) is 0 Å². The van der Waals surface area contributed by atoms with Crippen molar-refractivity contribution in [1.29, 1.82) is 0 Å². The first-order valence-electron chi connectivity index (χ1n) is 4.67. The number of halogens is 1. The number of hydrogen-bond acceptors (Lipinski definition) is 2. The molecule has 0 amide bonds. The van der Waals surface area contributed by atoms with Gasteiger partial charge in [0, 0.05) is 7.11 Å². The average Bonchev–Trinajstić information content (AvgIpc) is 2.59. The van der Waals surface area contributed by atoms with E-state index < -0.39 is 5.60 Å². The van der Waals surface area contributed by atoms with Gasteiger partial charge in [-0.3, -0.25) is 0 Å². The zero-order valence-electron chi connectivity index (χ0n) is 8.09. The monoisotopic (exact) mass is 196 g/mol. The molecule has 0 bridgehead atoms. The molecule has 0 heterocycles. The lowest BCUT2D eigenvalue weighted by Gasteiger charge is -2.26. The molecule has 0 saturated heterocycles. The predicted molar refractivity (Wildman–Crippen MR) is 50.5 cm³/mol. The second-order valence-electron chi connectivity index (χ2n) is 3.62. The van der Waals surface area contributed by atoms with E-state index in [-0.39, 0.29) is 12.4 Å². The molecule has 1 aliphatic carbocycles. The fraction of sp³-hybridized carbons (Fsp3) is 0.455. The number of fused-ring (bicyclic) bond motifs is 1. The number of rotatable bonds is 2. The van der Waals surface area contributed by atoms with Gasteiger partial charge in [0.25, 0.3) is 0 Å². The molecule has 76 valence electrons. The Hall–Kier alpha value is -0.930. The van der Waals surface area contributed by atoms with E-state index in [9.17, 15) is 9.50 Å². The molecule has 0 aliphatic heterocycles. The van der Waals surface area contributed by atoms with Gasteiger partial charge in [0.1, 0.15) is 11.4 Å². The van der Waals surface area contributed by atoms with Crippen molar-refractivity contribution in [2.24, 2.45) is 0 Å². The van der Waals surface area contributed by atoms with Gasteiger partial charge in [-0.1, -0.05) is 12.1 Å². The Kier molecular flexibility index (Phi) is 2.29. The maximum absolute atomic E-state index is 13.4. The Morgan fingerprint density at radius 2 is 2.36 bits per heavy atom. The van der Waals surface area contributed by atoms with Crippen LogP contribution in [0.2, 0.25) is 0 Å². The molecule has 0 spiro atoms. The maximum atomic E-state index is 13.4. The van der Waals surface area contributed by atoms with Gasteiger partial charge < -0.3 is 9.84 Å². The first-order chi connectivity index (χ1) is 6.73. The maximum Gasteiger partial charge on any atom is 0.126 e. The molecule has 0 fully saturated rings. The van der Waals surface area contributed by atoms with Gasteiger partial charge in [-0.25, -0.2) is 4.39 Å². The van der Waals surface area contributed by atoms with Gasteiger partial charge in [0.15, 0.2) is 0 Å². The molecule has 1 N–H and O–H groups in total. The summed E-state index contributed by atoms with van der Waals surface area (Å²) in [4.78, 5) is 0. The highest BCUT2D eigenvalue weighted by molar-refractivity contribution is 5.38. The van der Waals surface area contributed by atoms with Crippen LogP contribution in [0.15, 0.2) is 18.2 Å². The number of aliphatic hydroxyl groups is 1. The first kappa shape index (κ1) is 9.62. The molecule has 1 atom stereocenters. The van der Waals surface area contributed by atoms with E-state index in [1.54, 1.807) is 13.2 Å². The normalized spacial score (nSPS) is 25.1. The second-order valence-corrected chi connectivity index (χ2v) is 3.62. The van der Waals surface area contributed by atoms with E-state index in [1.807, 2.05) is 6.07 Å². The molecule has 0 radical (unpaired) electrons. The molecular weight excluding hydrogens is 183 g/mol. The Labute approximate surface area is 82.3 Å². The van der Waals surface area contributed by atoms with E-state index in [1.165, 1.54) is 6.07 Å². The minimum atomic E-state index is -0.683. The van der Waals surface area contributed by atoms with Gasteiger partial charge in [-0.15, -0.1) is 0 Å². The Balaban J connectivity index is 2.53. The molecule has 1 aliphatic rings. The lowest BCUT2D eigenvalue weighted by Crippen LogP contribution is -2.29. The summed E-state index contributed by atoms with van der Waals surface area (Å²) >= 11 is 0. The van der Waals surface area contributed by atoms with Crippen LogP contribution >= 0.6 is 0 Å². The average molecular weight is 196 g/mol. The van der Waals surface area contributed by atoms with Crippen molar-refractivity contribution < 1.29 is 14.2 Å². The summed E-state index contributed by atoms with van der Waals surface area (Å²) < 4.78 is 18.7. The number of benzene rings is 1. The van der Waals surface area contributed by atoms with Crippen LogP contribution in [0, 0.1) is 5.82 Å². The minimum absolute atomic E-state index is 0.0973. The zero-order chi connectivity index (χ0) is 10.2. The second kappa shape index (κ2) is 3.33. The van der Waals surface area contributed by atoms with Gasteiger partial charge in [0.2, 0.25) is 0 Å². The van der Waals surface area contributed by atoms with Crippen LogP contribution in [0.5, 0.6) is 0 Å². The van der Waals surface area contributed by atoms with E-state index in [0.717, 1.165) is 5.56 Å². The molecule has 1 aromatic rings. The standard InChI is InChI=1S/C11H13FO2/c1-14-11(7-13)6-5-8-9(11)3-2-4-10(8)12/h2-4,13H,5-7H2,1H3. The minimum Gasteiger partial charge on any atom is -0.393 e. The Morgan fingerprint density at radius 3 is 3.00 bits per heavy atom. The smallest absolute Gasteiger partial charge is 0.126 e. The first-order valence-corrected chi connectivity index (χ1v) is 4.67. The SMILES string of the molecule is COC1(CO)CCc2c(F)cccc21. The topological polar surface area (TPSA) is 29.5 Å². The number of methoxy groups -OCH3 is 1. The summed E-state index contributed by atoms with van der Waals surface area (Å²) in [6.07, 6.45) is 1.28. The summed E-state index contributed by atoms with van der Waals surface area (Å²) in [5, 5.41) is 9.31. The van der Waals surface area contributed by atoms with Crippen molar-refractivity contribution in [2.45, 2.75) is 18.4 Å². The summed E-state index contributed by atoms with van der Waals surface area (Å²) in [6.45, 7) is -0.0973. The van der Waals surface area contributed by atoms with Crippen LogP contribution in [0.25, 0.3) is 0 Å². The quantitative estimate of drug-likeness (QED) is 0.778. The van der Waals surface area contributed by atoms with Crippen LogP contribution in [0.1, 0.15) is 17.5 Å². The van der Waals surface area contributed by atoms with Gasteiger partial charge in [0.05, 0.1) is 6.61 Å². The molecule has 14 heavy (non-hydrogen) atoms. The van der Waals surface area contributed by atoms with E-state index in [2.05, 4.69) is 0 Å². The molecule has 3 heteroatoms. The predicted octanol–water partition coefficient (Wildman–Crippen LogP) is 1.61. The third-order valence-corrected chi connectivity index (χ3v) is 3.03. The summed E-state index contributed by atoms with van der Waals surface area (Å²) in [5.74, 6) is -0.199. The highest BCUT2D eigenvalue weighted by Gasteiger charge is 2.39. The van der Waals surface area contributed by atoms with Crippen LogP contribution < -0.4 is 0 Å². The summed E-state index contributed by atoms with van der Waals surface area (Å²) in [6, 6.07) is 4.93. The molecule has 2 rings (SSSR count). The van der Waals surface area contributed by atoms with Crippen LogP contribution in [0.4, 0.5) is 4.39 Å². The molecule has 2 nitrogen and oxygen atoms in total. The van der Waals surface area contributed by atoms with Crippen molar-refractivity contribution in [2.75, 3.05) is 13.7 Å². The largest absolute Gasteiger partial charge is 0.393 e. The molecule has 1 aromatic carbocycles. The van der Waals surface area contributed by atoms with Crippen LogP contribution in [-0.4, -0.2) is 18.8 Å². The zero-order valence-corrected chi connectivity index (χ0v) is 8.09. The highest BCUT2D eigenvalue weighted by Crippen LogP contribution is 2.40. The summed E-state index contributed by atoms with van der Waals surface area (Å²) in [7, 11) is 1.55. The van der Waals surface area contributed by atoms with Crippen molar-refractivity contribution in [1.82, 2.24) is 0 Å². The molecule has 0 saturated carbocycles. The number of aliphatic hydroxyl groups excluding tert-OH is 1. The van der Waals surface area contributed by atoms with Crippen LogP contribution in [-0.2, 0) is 16.8 Å². The van der Waals surface area contributed by atoms with E-state index >= 15 is 0 Å². The van der Waals surface area contributed by atoms with Crippen LogP contribution in [0.3, 0.4) is 0 Å². The van der Waals surface area contributed by atoms with E-state index in [0.29, 0.717) is 18.4 Å². The fourth-order valence-electron chi connectivity index (χ4n) is 2.14. The van der Waals surface area contributed by atoms with Crippen molar-refractivity contribution in [3.05, 3.63) is 35.1 Å². The highest BCUT2D eigenvalue weighted by atomic mass is 19.1. The number of ether oxygens (including phenoxy) is 1. The molecule has 0 aromatic heterocycles. The van der Waals surface area contributed by atoms with Crippen molar-refractivity contribution in [3.63, 3.8) is 0 Å². The van der Waals surface area contributed by atoms with Gasteiger partial charge >= 0.3 is 0 Å². The number of hydrogen-bond donors (Lipinski definition) is 1. The van der Waals surface area contributed by atoms with E-state index in [4.69, 9.17) is 4.74 Å². The third-order valence-electron chi connectivity index (χ3n) is 3.03. The molecule has 1 unspecified atom stereocenters. The third kappa shape index (κ3) is 1.16. The van der Waals surface area contributed by atoms with Gasteiger partial charge in [-0.05, 0) is 30.0 Å². The van der Waals surface area contributed by atoms with Gasteiger partial charge in [-0.2, -0.15) is 0 Å². The van der Waals surface area contributed by atoms with Crippen molar-refractivity contribution >= 4 is 0 Å².